The van der Waals surface area contributed by atoms with Crippen molar-refractivity contribution >= 4 is 34.7 Å². The van der Waals surface area contributed by atoms with E-state index < -0.39 is 0 Å². The zero-order chi connectivity index (χ0) is 19.4. The molecule has 2 aromatic carbocycles. The summed E-state index contributed by atoms with van der Waals surface area (Å²) >= 11 is 5.13. The number of benzene rings is 2. The fourth-order valence-corrected chi connectivity index (χ4v) is 3.07. The fraction of sp³-hybridized carbons (Fsp3) is 0.250. The number of aromatic nitrogens is 2. The predicted molar refractivity (Wildman–Crippen MR) is 111 cm³/mol. The molecule has 0 saturated carbocycles. The minimum absolute atomic E-state index is 0.167. The summed E-state index contributed by atoms with van der Waals surface area (Å²) in [6, 6.07) is 15.1. The molecular formula is C20H22N4O2S. The van der Waals surface area contributed by atoms with Gasteiger partial charge in [-0.1, -0.05) is 18.2 Å². The highest BCUT2D eigenvalue weighted by molar-refractivity contribution is 7.71. The quantitative estimate of drug-likeness (QED) is 0.508. The van der Waals surface area contributed by atoms with E-state index in [2.05, 4.69) is 27.3 Å². The van der Waals surface area contributed by atoms with E-state index in [9.17, 15) is 9.59 Å². The number of nitrogens with one attached hydrogen (secondary N) is 2. The van der Waals surface area contributed by atoms with Crippen LogP contribution in [0.2, 0.25) is 0 Å². The van der Waals surface area contributed by atoms with Gasteiger partial charge >= 0.3 is 0 Å². The van der Waals surface area contributed by atoms with Crippen molar-refractivity contribution in [1.29, 1.82) is 0 Å². The van der Waals surface area contributed by atoms with Gasteiger partial charge in [0, 0.05) is 38.4 Å². The molecule has 0 atom stereocenters. The van der Waals surface area contributed by atoms with Crippen LogP contribution in [-0.4, -0.2) is 35.6 Å². The summed E-state index contributed by atoms with van der Waals surface area (Å²) in [6.07, 6.45) is 0.827. The zero-order valence-electron chi connectivity index (χ0n) is 15.4. The fourth-order valence-electron chi connectivity index (χ4n) is 2.88. The average Bonchev–Trinajstić information content (AvgIpc) is 2.69. The van der Waals surface area contributed by atoms with Crippen molar-refractivity contribution in [3.05, 3.63) is 69.2 Å². The summed E-state index contributed by atoms with van der Waals surface area (Å²) in [5.74, 6) is -0.167. The van der Waals surface area contributed by atoms with Crippen LogP contribution in [0.25, 0.3) is 10.9 Å². The topological polar surface area (TPSA) is 70.1 Å². The second-order valence-corrected chi connectivity index (χ2v) is 6.81. The first-order valence-electron chi connectivity index (χ1n) is 8.75. The maximum absolute atomic E-state index is 12.4. The van der Waals surface area contributed by atoms with Crippen molar-refractivity contribution in [1.82, 2.24) is 14.9 Å². The molecule has 2 N–H and O–H groups in total. The Labute approximate surface area is 162 Å². The lowest BCUT2D eigenvalue weighted by molar-refractivity contribution is 0.0953. The standard InChI is InChI=1S/C20H22N4O2S/c1-23(15-7-4-3-5-8-15)12-6-11-21-18(25)14-9-10-16-17(13-14)22-20(27)24(2)19(16)26/h3-5,7-10,13H,6,11-12H2,1-2H3,(H,21,25)(H,22,27). The molecule has 0 radical (unpaired) electrons. The van der Waals surface area contributed by atoms with Crippen LogP contribution in [-0.2, 0) is 7.05 Å². The van der Waals surface area contributed by atoms with Crippen LogP contribution >= 0.6 is 12.2 Å². The molecule has 3 aromatic rings. The van der Waals surface area contributed by atoms with E-state index in [0.29, 0.717) is 27.8 Å². The Bertz CT molecular complexity index is 1070. The van der Waals surface area contributed by atoms with E-state index >= 15 is 0 Å². The van der Waals surface area contributed by atoms with Gasteiger partial charge in [0.2, 0.25) is 0 Å². The van der Waals surface area contributed by atoms with Crippen LogP contribution in [0.1, 0.15) is 16.8 Å². The maximum atomic E-state index is 12.4. The average molecular weight is 382 g/mol. The molecule has 0 fully saturated rings. The van der Waals surface area contributed by atoms with Crippen molar-refractivity contribution in [2.75, 3.05) is 25.0 Å². The monoisotopic (exact) mass is 382 g/mol. The van der Waals surface area contributed by atoms with Gasteiger partial charge < -0.3 is 15.2 Å². The van der Waals surface area contributed by atoms with Crippen molar-refractivity contribution in [3.63, 3.8) is 0 Å². The first kappa shape index (κ1) is 18.8. The van der Waals surface area contributed by atoms with Crippen molar-refractivity contribution in [2.45, 2.75) is 6.42 Å². The molecule has 7 heteroatoms. The number of rotatable bonds is 6. The Kier molecular flexibility index (Phi) is 5.71. The third-order valence-electron chi connectivity index (χ3n) is 4.52. The lowest BCUT2D eigenvalue weighted by Crippen LogP contribution is -2.28. The second kappa shape index (κ2) is 8.18. The van der Waals surface area contributed by atoms with Crippen LogP contribution in [0, 0.1) is 4.77 Å². The molecule has 0 saturated heterocycles. The highest BCUT2D eigenvalue weighted by Gasteiger charge is 2.09. The van der Waals surface area contributed by atoms with Gasteiger partial charge in [0.25, 0.3) is 11.5 Å². The maximum Gasteiger partial charge on any atom is 0.261 e. The summed E-state index contributed by atoms with van der Waals surface area (Å²) in [7, 11) is 3.65. The number of hydrogen-bond donors (Lipinski definition) is 2. The Hall–Kier alpha value is -2.93. The number of amides is 1. The SMILES string of the molecule is CN(CCCNC(=O)c1ccc2c(=O)n(C)c(=S)[nH]c2c1)c1ccccc1. The number of carbonyl (C=O) groups is 1. The third kappa shape index (κ3) is 4.25. The van der Waals surface area contributed by atoms with Crippen LogP contribution in [0.15, 0.2) is 53.3 Å². The molecule has 1 amide bonds. The van der Waals surface area contributed by atoms with E-state index in [1.54, 1.807) is 25.2 Å². The molecule has 0 spiro atoms. The number of nitrogens with zero attached hydrogens (tertiary/aromatic N) is 2. The Morgan fingerprint density at radius 2 is 1.96 bits per heavy atom. The van der Waals surface area contributed by atoms with Gasteiger partial charge in [-0.25, -0.2) is 0 Å². The number of aromatic amines is 1. The number of fused-ring (bicyclic) bond motifs is 1. The molecule has 0 aliphatic heterocycles. The van der Waals surface area contributed by atoms with Gasteiger partial charge in [-0.05, 0) is 49.0 Å². The first-order valence-corrected chi connectivity index (χ1v) is 9.15. The second-order valence-electron chi connectivity index (χ2n) is 6.42. The molecule has 3 rings (SSSR count). The smallest absolute Gasteiger partial charge is 0.261 e. The summed E-state index contributed by atoms with van der Waals surface area (Å²) < 4.78 is 1.70. The van der Waals surface area contributed by atoms with Crippen LogP contribution in [0.5, 0.6) is 0 Å². The zero-order valence-corrected chi connectivity index (χ0v) is 16.2. The van der Waals surface area contributed by atoms with Crippen molar-refractivity contribution < 1.29 is 4.79 Å². The number of carbonyl (C=O) groups excluding carboxylic acids is 1. The van der Waals surface area contributed by atoms with E-state index in [-0.39, 0.29) is 11.5 Å². The van der Waals surface area contributed by atoms with Gasteiger partial charge in [0.05, 0.1) is 10.9 Å². The van der Waals surface area contributed by atoms with E-state index in [1.165, 1.54) is 4.57 Å². The van der Waals surface area contributed by atoms with Gasteiger partial charge in [0.1, 0.15) is 0 Å². The Morgan fingerprint density at radius 1 is 1.22 bits per heavy atom. The summed E-state index contributed by atoms with van der Waals surface area (Å²) in [4.78, 5) is 29.7. The Morgan fingerprint density at radius 3 is 2.70 bits per heavy atom. The van der Waals surface area contributed by atoms with E-state index in [4.69, 9.17) is 12.2 Å². The van der Waals surface area contributed by atoms with E-state index in [1.807, 2.05) is 25.2 Å². The third-order valence-corrected chi connectivity index (χ3v) is 4.89. The molecule has 1 heterocycles. The number of H-pyrrole nitrogens is 1. The number of hydrogen-bond acceptors (Lipinski definition) is 4. The Balaban J connectivity index is 1.60. The highest BCUT2D eigenvalue weighted by atomic mass is 32.1. The molecule has 1 aromatic heterocycles. The molecule has 0 aliphatic rings. The number of para-hydroxylation sites is 1. The normalized spacial score (nSPS) is 10.7. The minimum Gasteiger partial charge on any atom is -0.375 e. The largest absolute Gasteiger partial charge is 0.375 e. The summed E-state index contributed by atoms with van der Waals surface area (Å²) in [5, 5.41) is 3.43. The molecule has 0 bridgehead atoms. The number of anilines is 1. The minimum atomic E-state index is -0.176. The van der Waals surface area contributed by atoms with Gasteiger partial charge in [0.15, 0.2) is 4.77 Å². The lowest BCUT2D eigenvalue weighted by atomic mass is 10.1. The molecule has 140 valence electrons. The molecule has 6 nitrogen and oxygen atoms in total. The summed E-state index contributed by atoms with van der Waals surface area (Å²) in [5.41, 5.74) is 2.04. The van der Waals surface area contributed by atoms with Gasteiger partial charge in [-0.2, -0.15) is 0 Å². The highest BCUT2D eigenvalue weighted by Crippen LogP contribution is 2.12. The van der Waals surface area contributed by atoms with E-state index in [0.717, 1.165) is 18.7 Å². The summed E-state index contributed by atoms with van der Waals surface area (Å²) in [6.45, 7) is 1.41. The van der Waals surface area contributed by atoms with Crippen molar-refractivity contribution in [3.8, 4) is 0 Å². The molecule has 27 heavy (non-hydrogen) atoms. The van der Waals surface area contributed by atoms with Gasteiger partial charge in [-0.3, -0.25) is 14.2 Å². The van der Waals surface area contributed by atoms with Crippen molar-refractivity contribution in [2.24, 2.45) is 7.05 Å². The molecular weight excluding hydrogens is 360 g/mol. The lowest BCUT2D eigenvalue weighted by Gasteiger charge is -2.19. The predicted octanol–water partition coefficient (Wildman–Crippen LogP) is 2.85. The molecule has 0 unspecified atom stereocenters. The van der Waals surface area contributed by atoms with Gasteiger partial charge in [-0.15, -0.1) is 0 Å². The molecule has 0 aliphatic carbocycles. The van der Waals surface area contributed by atoms with Crippen LogP contribution in [0.3, 0.4) is 0 Å². The van der Waals surface area contributed by atoms with Crippen LogP contribution < -0.4 is 15.8 Å². The first-order chi connectivity index (χ1) is 13.0. The van der Waals surface area contributed by atoms with Crippen LogP contribution in [0.4, 0.5) is 5.69 Å².